The first-order valence-electron chi connectivity index (χ1n) is 10.5. The van der Waals surface area contributed by atoms with E-state index in [0.29, 0.717) is 36.3 Å². The molecule has 5 rings (SSSR count). The lowest BCUT2D eigenvalue weighted by molar-refractivity contribution is -0.144. The summed E-state index contributed by atoms with van der Waals surface area (Å²) in [7, 11) is 0. The van der Waals surface area contributed by atoms with Crippen molar-refractivity contribution in [1.29, 1.82) is 0 Å². The topological polar surface area (TPSA) is 71.0 Å². The number of nitrogens with zero attached hydrogens (tertiary/aromatic N) is 4. The third kappa shape index (κ3) is 4.12. The minimum atomic E-state index is -4.63. The van der Waals surface area contributed by atoms with E-state index < -0.39 is 23.4 Å². The number of carbonyl (C=O) groups is 1. The predicted octanol–water partition coefficient (Wildman–Crippen LogP) is 4.53. The fraction of sp³-hybridized carbons (Fsp3) is 0.304. The Kier molecular flexibility index (Phi) is 5.02. The van der Waals surface area contributed by atoms with Gasteiger partial charge in [-0.05, 0) is 68.1 Å². The molecule has 2 aromatic heterocycles. The van der Waals surface area contributed by atoms with E-state index in [4.69, 9.17) is 4.98 Å². The maximum absolute atomic E-state index is 13.2. The van der Waals surface area contributed by atoms with Crippen LogP contribution < -0.4 is 10.2 Å². The molecule has 1 amide bonds. The Morgan fingerprint density at radius 2 is 1.79 bits per heavy atom. The average molecular weight is 457 g/mol. The fourth-order valence-corrected chi connectivity index (χ4v) is 4.05. The number of anilines is 2. The lowest BCUT2D eigenvalue weighted by Gasteiger charge is -2.31. The lowest BCUT2D eigenvalue weighted by atomic mass is 10.0. The minimum absolute atomic E-state index is 0.165. The largest absolute Gasteiger partial charge is 0.451 e. The summed E-state index contributed by atoms with van der Waals surface area (Å²) in [6.07, 6.45) is -0.724. The predicted molar refractivity (Wildman–Crippen MR) is 111 cm³/mol. The maximum atomic E-state index is 13.2. The molecular weight excluding hydrogens is 438 g/mol. The molecule has 0 radical (unpaired) electrons. The van der Waals surface area contributed by atoms with Gasteiger partial charge in [0.15, 0.2) is 0 Å². The highest BCUT2D eigenvalue weighted by molar-refractivity contribution is 5.95. The van der Waals surface area contributed by atoms with E-state index in [0.717, 1.165) is 24.7 Å². The summed E-state index contributed by atoms with van der Waals surface area (Å²) < 4.78 is 52.3. The number of nitrogens with one attached hydrogen (secondary N) is 1. The summed E-state index contributed by atoms with van der Waals surface area (Å²) in [4.78, 5) is 26.2. The smallest absolute Gasteiger partial charge is 0.341 e. The van der Waals surface area contributed by atoms with Gasteiger partial charge in [-0.1, -0.05) is 0 Å². The molecule has 1 aromatic carbocycles. The Labute approximate surface area is 186 Å². The number of alkyl halides is 3. The molecule has 0 bridgehead atoms. The molecule has 1 aliphatic carbocycles. The van der Waals surface area contributed by atoms with Gasteiger partial charge in [0.25, 0.3) is 5.91 Å². The summed E-state index contributed by atoms with van der Waals surface area (Å²) in [6.45, 7) is 0.509. The number of amides is 1. The van der Waals surface area contributed by atoms with Gasteiger partial charge in [0.05, 0.1) is 22.6 Å². The summed E-state index contributed by atoms with van der Waals surface area (Å²) in [5.41, 5.74) is 1.90. The molecular formula is C23H19F4N5O. The van der Waals surface area contributed by atoms with Crippen molar-refractivity contribution in [3.63, 3.8) is 0 Å². The van der Waals surface area contributed by atoms with Crippen LogP contribution in [-0.2, 0) is 18.1 Å². The van der Waals surface area contributed by atoms with Crippen LogP contribution in [0.3, 0.4) is 0 Å². The number of hydrogen-bond acceptors (Lipinski definition) is 5. The second-order valence-electron chi connectivity index (χ2n) is 8.20. The van der Waals surface area contributed by atoms with Gasteiger partial charge in [0.2, 0.25) is 5.82 Å². The zero-order chi connectivity index (χ0) is 23.2. The summed E-state index contributed by atoms with van der Waals surface area (Å²) >= 11 is 0. The first kappa shape index (κ1) is 21.3. The molecule has 3 aromatic rings. The van der Waals surface area contributed by atoms with Crippen LogP contribution in [0.15, 0.2) is 48.7 Å². The molecule has 3 heterocycles. The van der Waals surface area contributed by atoms with E-state index in [9.17, 15) is 22.4 Å². The molecule has 6 nitrogen and oxygen atoms in total. The van der Waals surface area contributed by atoms with E-state index in [-0.39, 0.29) is 11.7 Å². The average Bonchev–Trinajstić information content (AvgIpc) is 3.59. The zero-order valence-corrected chi connectivity index (χ0v) is 17.4. The molecule has 1 fully saturated rings. The van der Waals surface area contributed by atoms with Crippen LogP contribution in [0.5, 0.6) is 0 Å². The van der Waals surface area contributed by atoms with Crippen LogP contribution in [-0.4, -0.2) is 27.4 Å². The number of aryl methyl sites for hydroxylation is 1. The molecule has 1 saturated carbocycles. The van der Waals surface area contributed by atoms with E-state index in [1.165, 1.54) is 30.3 Å². The zero-order valence-electron chi connectivity index (χ0n) is 17.4. The molecule has 170 valence electrons. The van der Waals surface area contributed by atoms with Crippen LogP contribution in [0, 0.1) is 5.82 Å². The van der Waals surface area contributed by atoms with Crippen molar-refractivity contribution in [2.75, 3.05) is 11.4 Å². The van der Waals surface area contributed by atoms with Crippen molar-refractivity contribution in [2.45, 2.75) is 37.4 Å². The third-order valence-corrected chi connectivity index (χ3v) is 5.91. The number of hydrogen-bond donors (Lipinski definition) is 1. The van der Waals surface area contributed by atoms with Crippen molar-refractivity contribution in [3.05, 3.63) is 77.3 Å². The maximum Gasteiger partial charge on any atom is 0.451 e. The molecule has 1 aliphatic heterocycles. The second-order valence-corrected chi connectivity index (χ2v) is 8.20. The summed E-state index contributed by atoms with van der Waals surface area (Å²) in [5, 5.41) is 3.01. The van der Waals surface area contributed by atoms with Crippen LogP contribution in [0.2, 0.25) is 0 Å². The van der Waals surface area contributed by atoms with Gasteiger partial charge in [-0.3, -0.25) is 9.78 Å². The number of carbonyl (C=O) groups excluding carboxylic acids is 1. The first-order valence-corrected chi connectivity index (χ1v) is 10.5. The van der Waals surface area contributed by atoms with Crippen molar-refractivity contribution < 1.29 is 22.4 Å². The molecule has 1 N–H and O–H groups in total. The lowest BCUT2D eigenvalue weighted by Crippen LogP contribution is -2.36. The Bertz CT molecular complexity index is 1210. The highest BCUT2D eigenvalue weighted by Crippen LogP contribution is 2.46. The van der Waals surface area contributed by atoms with Crippen molar-refractivity contribution >= 4 is 17.4 Å². The standard InChI is InChI=1S/C23H19F4N5O/c24-15-5-3-14(4-6-15)20(33)31-22(10-11-22)18-8-7-17-16(29-18)2-1-13-32(17)19-9-12-28-21(30-19)23(25,26)27/h3-9,12H,1-2,10-11,13H2,(H,31,33). The number of aromatic nitrogens is 3. The minimum Gasteiger partial charge on any atom is -0.341 e. The van der Waals surface area contributed by atoms with Crippen LogP contribution >= 0.6 is 0 Å². The van der Waals surface area contributed by atoms with Crippen LogP contribution in [0.4, 0.5) is 29.1 Å². The summed E-state index contributed by atoms with van der Waals surface area (Å²) in [5.74, 6) is -1.75. The molecule has 0 atom stereocenters. The number of rotatable bonds is 4. The molecule has 33 heavy (non-hydrogen) atoms. The number of fused-ring (bicyclic) bond motifs is 1. The number of pyridine rings is 1. The molecule has 0 unspecified atom stereocenters. The van der Waals surface area contributed by atoms with E-state index in [1.807, 2.05) is 6.07 Å². The molecule has 0 spiro atoms. The Morgan fingerprint density at radius 3 is 2.48 bits per heavy atom. The van der Waals surface area contributed by atoms with Crippen molar-refractivity contribution in [3.8, 4) is 0 Å². The third-order valence-electron chi connectivity index (χ3n) is 5.91. The van der Waals surface area contributed by atoms with Crippen LogP contribution in [0.25, 0.3) is 0 Å². The van der Waals surface area contributed by atoms with Gasteiger partial charge in [0, 0.05) is 18.3 Å². The monoisotopic (exact) mass is 457 g/mol. The quantitative estimate of drug-likeness (QED) is 0.583. The van der Waals surface area contributed by atoms with E-state index >= 15 is 0 Å². The normalized spacial score (nSPS) is 16.8. The van der Waals surface area contributed by atoms with Gasteiger partial charge in [-0.2, -0.15) is 13.2 Å². The Hall–Kier alpha value is -3.56. The van der Waals surface area contributed by atoms with Crippen molar-refractivity contribution in [1.82, 2.24) is 20.3 Å². The van der Waals surface area contributed by atoms with Gasteiger partial charge in [-0.25, -0.2) is 14.4 Å². The Morgan fingerprint density at radius 1 is 1.03 bits per heavy atom. The molecule has 0 saturated heterocycles. The van der Waals surface area contributed by atoms with Crippen molar-refractivity contribution in [2.24, 2.45) is 0 Å². The fourth-order valence-electron chi connectivity index (χ4n) is 4.05. The Balaban J connectivity index is 1.41. The number of benzene rings is 1. The first-order chi connectivity index (χ1) is 15.7. The van der Waals surface area contributed by atoms with Crippen LogP contribution in [0.1, 0.15) is 46.8 Å². The van der Waals surface area contributed by atoms with Gasteiger partial charge in [-0.15, -0.1) is 0 Å². The number of halogens is 4. The second kappa shape index (κ2) is 7.79. The van der Waals surface area contributed by atoms with Gasteiger partial charge in [0.1, 0.15) is 11.6 Å². The highest BCUT2D eigenvalue weighted by Gasteiger charge is 2.47. The van der Waals surface area contributed by atoms with Gasteiger partial charge >= 0.3 is 6.18 Å². The van der Waals surface area contributed by atoms with Gasteiger partial charge < -0.3 is 10.2 Å². The summed E-state index contributed by atoms with van der Waals surface area (Å²) in [6, 6.07) is 10.4. The molecule has 2 aliphatic rings. The SMILES string of the molecule is O=C(NC1(c2ccc3c(n2)CCCN3c2ccnc(C(F)(F)F)n2)CC1)c1ccc(F)cc1. The highest BCUT2D eigenvalue weighted by atomic mass is 19.4. The molecule has 10 heteroatoms. The van der Waals surface area contributed by atoms with E-state index in [1.54, 1.807) is 11.0 Å². The van der Waals surface area contributed by atoms with E-state index in [2.05, 4.69) is 15.3 Å².